The minimum Gasteiger partial charge on any atom is -0.465 e. The molecular weight excluding hydrogens is 489 g/mol. The molecule has 0 aliphatic carbocycles. The number of rotatable bonds is 8. The summed E-state index contributed by atoms with van der Waals surface area (Å²) in [6.45, 7) is 2.08. The third-order valence-corrected chi connectivity index (χ3v) is 5.26. The Kier molecular flexibility index (Phi) is 7.65. The molecule has 3 rings (SSSR count). The van der Waals surface area contributed by atoms with Crippen LogP contribution in [-0.4, -0.2) is 28.8 Å². The van der Waals surface area contributed by atoms with E-state index < -0.39 is 58.8 Å². The zero-order valence-corrected chi connectivity index (χ0v) is 19.6. The first-order valence-electron chi connectivity index (χ1n) is 10.5. The zero-order valence-electron chi connectivity index (χ0n) is 19.6. The van der Waals surface area contributed by atoms with E-state index in [0.717, 1.165) is 22.9 Å². The fourth-order valence-corrected chi connectivity index (χ4v) is 3.41. The molecule has 1 atom stereocenters. The second-order valence-electron chi connectivity index (χ2n) is 7.93. The highest BCUT2D eigenvalue weighted by Gasteiger charge is 2.32. The molecule has 0 unspecified atom stereocenters. The molecule has 1 aromatic heterocycles. The predicted molar refractivity (Wildman–Crippen MR) is 118 cm³/mol. The number of carbonyl (C=O) groups is 2. The molecule has 7 nitrogen and oxygen atoms in total. The number of esters is 1. The van der Waals surface area contributed by atoms with Crippen molar-refractivity contribution in [3.8, 4) is 11.6 Å². The van der Waals surface area contributed by atoms with Gasteiger partial charge in [0.05, 0.1) is 24.3 Å². The molecule has 0 saturated heterocycles. The summed E-state index contributed by atoms with van der Waals surface area (Å²) >= 11 is 0. The number of amides is 1. The smallest absolute Gasteiger partial charge is 0.337 e. The van der Waals surface area contributed by atoms with Crippen LogP contribution in [0.1, 0.15) is 63.9 Å². The largest absolute Gasteiger partial charge is 0.465 e. The van der Waals surface area contributed by atoms with Crippen LogP contribution in [0.15, 0.2) is 42.5 Å². The van der Waals surface area contributed by atoms with E-state index in [4.69, 9.17) is 4.74 Å². The van der Waals surface area contributed by atoms with Gasteiger partial charge in [-0.15, -0.1) is 0 Å². The van der Waals surface area contributed by atoms with E-state index in [1.807, 2.05) is 0 Å². The van der Waals surface area contributed by atoms with E-state index in [0.29, 0.717) is 12.5 Å². The van der Waals surface area contributed by atoms with Crippen molar-refractivity contribution in [3.05, 3.63) is 76.2 Å². The SMILES string of the molecule is COC(=O)c1ccc([C@H](C)NC(=O)c2c(C(F)F)nn(C)c2Oc2ccc(F)c(C(C)(F)F)c2)cc1. The van der Waals surface area contributed by atoms with Crippen molar-refractivity contribution in [2.45, 2.75) is 32.2 Å². The quantitative estimate of drug-likeness (QED) is 0.311. The van der Waals surface area contributed by atoms with Crippen LogP contribution in [0.4, 0.5) is 22.0 Å². The van der Waals surface area contributed by atoms with Gasteiger partial charge in [0.15, 0.2) is 0 Å². The van der Waals surface area contributed by atoms with Gasteiger partial charge in [0, 0.05) is 14.0 Å². The molecule has 0 bridgehead atoms. The standard InChI is InChI=1S/C24H22F5N3O4/c1-12(13-5-7-14(8-6-13)23(34)35-4)30-21(33)18-19(20(26)27)31-32(3)22(18)36-15-9-10-17(25)16(11-15)24(2,28)29/h5-12,20H,1-4H3,(H,30,33)/t12-/m0/s1. The van der Waals surface area contributed by atoms with Crippen LogP contribution in [-0.2, 0) is 17.7 Å². The van der Waals surface area contributed by atoms with Crippen molar-refractivity contribution in [2.75, 3.05) is 7.11 Å². The van der Waals surface area contributed by atoms with E-state index in [9.17, 15) is 31.5 Å². The van der Waals surface area contributed by atoms with Gasteiger partial charge in [0.2, 0.25) is 5.88 Å². The lowest BCUT2D eigenvalue weighted by molar-refractivity contribution is 0.0135. The molecule has 0 fully saturated rings. The van der Waals surface area contributed by atoms with Gasteiger partial charge >= 0.3 is 5.97 Å². The number of nitrogens with one attached hydrogen (secondary N) is 1. The molecule has 3 aromatic rings. The maximum atomic E-state index is 13.9. The lowest BCUT2D eigenvalue weighted by atomic mass is 10.1. The van der Waals surface area contributed by atoms with E-state index in [2.05, 4.69) is 15.2 Å². The van der Waals surface area contributed by atoms with Gasteiger partial charge in [-0.3, -0.25) is 4.79 Å². The summed E-state index contributed by atoms with van der Waals surface area (Å²) in [6, 6.07) is 7.84. The van der Waals surface area contributed by atoms with Crippen LogP contribution >= 0.6 is 0 Å². The first-order valence-corrected chi connectivity index (χ1v) is 10.5. The minimum absolute atomic E-state index is 0.277. The Morgan fingerprint density at radius 2 is 1.75 bits per heavy atom. The summed E-state index contributed by atoms with van der Waals surface area (Å²) in [7, 11) is 2.46. The van der Waals surface area contributed by atoms with Crippen LogP contribution in [0, 0.1) is 5.82 Å². The zero-order chi connectivity index (χ0) is 26.8. The number of hydrogen-bond acceptors (Lipinski definition) is 5. The fraction of sp³-hybridized carbons (Fsp3) is 0.292. The second-order valence-corrected chi connectivity index (χ2v) is 7.93. The average Bonchev–Trinajstić information content (AvgIpc) is 3.15. The van der Waals surface area contributed by atoms with Crippen molar-refractivity contribution < 1.29 is 41.0 Å². The third-order valence-electron chi connectivity index (χ3n) is 5.26. The molecule has 192 valence electrons. The summed E-state index contributed by atoms with van der Waals surface area (Å²) in [5.74, 6) is -7.01. The van der Waals surface area contributed by atoms with Crippen molar-refractivity contribution in [1.82, 2.24) is 15.1 Å². The van der Waals surface area contributed by atoms with Crippen LogP contribution < -0.4 is 10.1 Å². The van der Waals surface area contributed by atoms with E-state index in [1.165, 1.54) is 26.3 Å². The number of aryl methyl sites for hydroxylation is 1. The predicted octanol–water partition coefficient (Wildman–Crippen LogP) is 5.68. The van der Waals surface area contributed by atoms with Crippen LogP contribution in [0.2, 0.25) is 0 Å². The van der Waals surface area contributed by atoms with Crippen LogP contribution in [0.25, 0.3) is 0 Å². The minimum atomic E-state index is -3.54. The van der Waals surface area contributed by atoms with Gasteiger partial charge < -0.3 is 14.8 Å². The highest BCUT2D eigenvalue weighted by molar-refractivity contribution is 5.98. The van der Waals surface area contributed by atoms with Crippen LogP contribution in [0.5, 0.6) is 11.6 Å². The highest BCUT2D eigenvalue weighted by Crippen LogP contribution is 2.36. The maximum Gasteiger partial charge on any atom is 0.337 e. The lowest BCUT2D eigenvalue weighted by Gasteiger charge is -2.16. The molecule has 1 heterocycles. The van der Waals surface area contributed by atoms with Gasteiger partial charge in [-0.2, -0.15) is 5.10 Å². The number of nitrogens with zero attached hydrogens (tertiary/aromatic N) is 2. The summed E-state index contributed by atoms with van der Waals surface area (Å²) in [6.07, 6.45) is -3.16. The van der Waals surface area contributed by atoms with Crippen LogP contribution in [0.3, 0.4) is 0 Å². The summed E-state index contributed by atoms with van der Waals surface area (Å²) in [4.78, 5) is 24.6. The van der Waals surface area contributed by atoms with Crippen molar-refractivity contribution >= 4 is 11.9 Å². The Morgan fingerprint density at radius 3 is 2.31 bits per heavy atom. The molecule has 1 N–H and O–H groups in total. The number of benzene rings is 2. The average molecular weight is 511 g/mol. The first-order chi connectivity index (χ1) is 16.8. The molecule has 0 saturated carbocycles. The van der Waals surface area contributed by atoms with Gasteiger partial charge in [-0.25, -0.2) is 31.4 Å². The number of hydrogen-bond donors (Lipinski definition) is 1. The highest BCUT2D eigenvalue weighted by atomic mass is 19.3. The molecule has 36 heavy (non-hydrogen) atoms. The summed E-state index contributed by atoms with van der Waals surface area (Å²) in [5.41, 5.74) is -1.64. The first kappa shape index (κ1) is 26.6. The summed E-state index contributed by atoms with van der Waals surface area (Å²) < 4.78 is 79.7. The number of carbonyl (C=O) groups excluding carboxylic acids is 2. The van der Waals surface area contributed by atoms with Gasteiger partial charge in [-0.05, 0) is 42.8 Å². The fourth-order valence-electron chi connectivity index (χ4n) is 3.41. The van der Waals surface area contributed by atoms with E-state index >= 15 is 0 Å². The second kappa shape index (κ2) is 10.3. The van der Waals surface area contributed by atoms with Crippen molar-refractivity contribution in [2.24, 2.45) is 7.05 Å². The Morgan fingerprint density at radius 1 is 1.11 bits per heavy atom. The topological polar surface area (TPSA) is 82.5 Å². The Hall–Kier alpha value is -3.96. The molecule has 1 amide bonds. The normalized spacial score (nSPS) is 12.4. The third kappa shape index (κ3) is 5.64. The molecule has 0 aliphatic rings. The number of halogens is 5. The van der Waals surface area contributed by atoms with Gasteiger partial charge in [0.1, 0.15) is 22.8 Å². The molecule has 12 heteroatoms. The number of methoxy groups -OCH3 is 1. The van der Waals surface area contributed by atoms with E-state index in [1.54, 1.807) is 19.1 Å². The Bertz CT molecular complexity index is 1270. The molecule has 0 spiro atoms. The Labute approximate surface area is 202 Å². The van der Waals surface area contributed by atoms with Gasteiger partial charge in [0.25, 0.3) is 18.3 Å². The van der Waals surface area contributed by atoms with E-state index in [-0.39, 0.29) is 11.3 Å². The monoisotopic (exact) mass is 511 g/mol. The maximum absolute atomic E-state index is 13.9. The Balaban J connectivity index is 1.93. The molecule has 2 aromatic carbocycles. The molecular formula is C24H22F5N3O4. The molecule has 0 radical (unpaired) electrons. The molecule has 0 aliphatic heterocycles. The summed E-state index contributed by atoms with van der Waals surface area (Å²) in [5, 5.41) is 6.20. The van der Waals surface area contributed by atoms with Crippen molar-refractivity contribution in [3.63, 3.8) is 0 Å². The van der Waals surface area contributed by atoms with Crippen molar-refractivity contribution in [1.29, 1.82) is 0 Å². The van der Waals surface area contributed by atoms with Gasteiger partial charge in [-0.1, -0.05) is 12.1 Å². The number of alkyl halides is 4. The number of aromatic nitrogens is 2. The number of ether oxygens (including phenoxy) is 2. The lowest BCUT2D eigenvalue weighted by Crippen LogP contribution is -2.27.